The van der Waals surface area contributed by atoms with Crippen LogP contribution in [-0.2, 0) is 0 Å². The highest BCUT2D eigenvalue weighted by Crippen LogP contribution is 2.30. The number of benzene rings is 1. The van der Waals surface area contributed by atoms with E-state index >= 15 is 0 Å². The topological polar surface area (TPSA) is 35.2 Å². The van der Waals surface area contributed by atoms with Crippen LogP contribution in [0.1, 0.15) is 44.2 Å². The molecule has 0 spiro atoms. The van der Waals surface area contributed by atoms with Crippen molar-refractivity contribution in [3.63, 3.8) is 0 Å². The van der Waals surface area contributed by atoms with Gasteiger partial charge in [0.15, 0.2) is 0 Å². The number of rotatable bonds is 7. The summed E-state index contributed by atoms with van der Waals surface area (Å²) in [5.41, 5.74) is 8.25. The zero-order chi connectivity index (χ0) is 14.5. The van der Waals surface area contributed by atoms with E-state index in [1.165, 1.54) is 0 Å². The van der Waals surface area contributed by atoms with Gasteiger partial charge in [-0.15, -0.1) is 0 Å². The van der Waals surface area contributed by atoms with E-state index in [9.17, 15) is 0 Å². The van der Waals surface area contributed by atoms with Crippen molar-refractivity contribution in [3.8, 4) is 5.75 Å². The van der Waals surface area contributed by atoms with Crippen LogP contribution in [0.2, 0.25) is 5.02 Å². The molecule has 3 heteroatoms. The molecule has 1 rings (SSSR count). The fraction of sp³-hybridized carbons (Fsp3) is 0.625. The van der Waals surface area contributed by atoms with Crippen molar-refractivity contribution in [1.29, 1.82) is 0 Å². The molecule has 108 valence electrons. The van der Waals surface area contributed by atoms with Crippen molar-refractivity contribution in [1.82, 2.24) is 0 Å². The first kappa shape index (κ1) is 16.3. The van der Waals surface area contributed by atoms with Gasteiger partial charge in [-0.1, -0.05) is 25.4 Å². The Balaban J connectivity index is 2.63. The van der Waals surface area contributed by atoms with Gasteiger partial charge in [-0.05, 0) is 68.3 Å². The molecule has 1 aromatic rings. The van der Waals surface area contributed by atoms with Crippen LogP contribution >= 0.6 is 11.6 Å². The number of halogens is 1. The quantitative estimate of drug-likeness (QED) is 0.800. The third-order valence-corrected chi connectivity index (χ3v) is 4.84. The predicted molar refractivity (Wildman–Crippen MR) is 83.1 cm³/mol. The average Bonchev–Trinajstić information content (AvgIpc) is 2.41. The molecule has 19 heavy (non-hydrogen) atoms. The number of hydrogen-bond donors (Lipinski definition) is 1. The van der Waals surface area contributed by atoms with Crippen LogP contribution < -0.4 is 10.5 Å². The van der Waals surface area contributed by atoms with E-state index < -0.39 is 0 Å². The van der Waals surface area contributed by atoms with Crippen LogP contribution in [0, 0.1) is 19.3 Å². The van der Waals surface area contributed by atoms with Gasteiger partial charge in [0.1, 0.15) is 5.75 Å². The summed E-state index contributed by atoms with van der Waals surface area (Å²) in [6.45, 7) is 9.84. The highest BCUT2D eigenvalue weighted by atomic mass is 35.5. The van der Waals surface area contributed by atoms with Crippen LogP contribution in [0.25, 0.3) is 0 Å². The Labute approximate surface area is 122 Å². The van der Waals surface area contributed by atoms with Crippen molar-refractivity contribution in [3.05, 3.63) is 28.3 Å². The van der Waals surface area contributed by atoms with Gasteiger partial charge in [0.05, 0.1) is 6.61 Å². The molecule has 0 amide bonds. The standard InChI is InChI=1S/C16H26ClNO/c1-5-16(6-2,11-18)7-8-19-14-9-12(3)15(17)13(4)10-14/h9-10H,5-8,11,18H2,1-4H3. The highest BCUT2D eigenvalue weighted by Gasteiger charge is 2.24. The molecule has 0 aliphatic rings. The fourth-order valence-electron chi connectivity index (χ4n) is 2.37. The maximum absolute atomic E-state index is 6.15. The van der Waals surface area contributed by atoms with E-state index in [0.717, 1.165) is 47.7 Å². The number of ether oxygens (including phenoxy) is 1. The minimum Gasteiger partial charge on any atom is -0.494 e. The molecule has 0 aliphatic heterocycles. The predicted octanol–water partition coefficient (Wildman–Crippen LogP) is 4.49. The van der Waals surface area contributed by atoms with Crippen molar-refractivity contribution in [2.75, 3.05) is 13.2 Å². The van der Waals surface area contributed by atoms with E-state index in [0.29, 0.717) is 6.61 Å². The lowest BCUT2D eigenvalue weighted by atomic mass is 9.80. The summed E-state index contributed by atoms with van der Waals surface area (Å²) in [7, 11) is 0. The molecule has 0 fully saturated rings. The van der Waals surface area contributed by atoms with Crippen LogP contribution in [0.3, 0.4) is 0 Å². The number of hydrogen-bond acceptors (Lipinski definition) is 2. The first-order chi connectivity index (χ1) is 8.98. The Bertz CT molecular complexity index is 382. The maximum atomic E-state index is 6.15. The summed E-state index contributed by atoms with van der Waals surface area (Å²) in [6.07, 6.45) is 3.20. The highest BCUT2D eigenvalue weighted by molar-refractivity contribution is 6.32. The molecule has 0 unspecified atom stereocenters. The van der Waals surface area contributed by atoms with Gasteiger partial charge in [0.25, 0.3) is 0 Å². The summed E-state index contributed by atoms with van der Waals surface area (Å²) >= 11 is 6.15. The van der Waals surface area contributed by atoms with E-state index in [-0.39, 0.29) is 5.41 Å². The number of aryl methyl sites for hydroxylation is 2. The summed E-state index contributed by atoms with van der Waals surface area (Å²) in [4.78, 5) is 0. The van der Waals surface area contributed by atoms with Gasteiger partial charge in [-0.25, -0.2) is 0 Å². The average molecular weight is 284 g/mol. The third kappa shape index (κ3) is 4.12. The van der Waals surface area contributed by atoms with E-state index in [1.54, 1.807) is 0 Å². The summed E-state index contributed by atoms with van der Waals surface area (Å²) < 4.78 is 5.87. The molecule has 0 atom stereocenters. The van der Waals surface area contributed by atoms with Gasteiger partial charge in [-0.2, -0.15) is 0 Å². The van der Waals surface area contributed by atoms with Crippen LogP contribution in [0.4, 0.5) is 0 Å². The molecule has 0 bridgehead atoms. The minimum atomic E-state index is 0.219. The second-order valence-electron chi connectivity index (χ2n) is 5.38. The molecule has 2 N–H and O–H groups in total. The summed E-state index contributed by atoms with van der Waals surface area (Å²) in [5, 5.41) is 0.825. The zero-order valence-electron chi connectivity index (χ0n) is 12.6. The van der Waals surface area contributed by atoms with E-state index in [4.69, 9.17) is 22.1 Å². The fourth-order valence-corrected chi connectivity index (χ4v) is 2.48. The molecule has 0 radical (unpaired) electrons. The van der Waals surface area contributed by atoms with Gasteiger partial charge in [-0.3, -0.25) is 0 Å². The Hall–Kier alpha value is -0.730. The van der Waals surface area contributed by atoms with Gasteiger partial charge < -0.3 is 10.5 Å². The molecular formula is C16H26ClNO. The molecule has 0 aliphatic carbocycles. The van der Waals surface area contributed by atoms with Crippen molar-refractivity contribution in [2.24, 2.45) is 11.1 Å². The van der Waals surface area contributed by atoms with Crippen molar-refractivity contribution >= 4 is 11.6 Å². The molecular weight excluding hydrogens is 258 g/mol. The smallest absolute Gasteiger partial charge is 0.119 e. The van der Waals surface area contributed by atoms with Gasteiger partial charge >= 0.3 is 0 Å². The molecule has 0 aromatic heterocycles. The molecule has 2 nitrogen and oxygen atoms in total. The Morgan fingerprint density at radius 2 is 1.68 bits per heavy atom. The van der Waals surface area contributed by atoms with E-state index in [2.05, 4.69) is 13.8 Å². The molecule has 0 heterocycles. The molecule has 1 aromatic carbocycles. The Morgan fingerprint density at radius 1 is 1.16 bits per heavy atom. The normalized spacial score (nSPS) is 11.7. The maximum Gasteiger partial charge on any atom is 0.119 e. The SMILES string of the molecule is CCC(CC)(CN)CCOc1cc(C)c(Cl)c(C)c1. The van der Waals surface area contributed by atoms with Gasteiger partial charge in [0.2, 0.25) is 0 Å². The van der Waals surface area contributed by atoms with Crippen LogP contribution in [-0.4, -0.2) is 13.2 Å². The summed E-state index contributed by atoms with van der Waals surface area (Å²) in [5.74, 6) is 0.900. The Morgan fingerprint density at radius 3 is 2.11 bits per heavy atom. The monoisotopic (exact) mass is 283 g/mol. The van der Waals surface area contributed by atoms with Crippen molar-refractivity contribution in [2.45, 2.75) is 47.0 Å². The molecule has 0 saturated carbocycles. The minimum absolute atomic E-state index is 0.219. The summed E-state index contributed by atoms with van der Waals surface area (Å²) in [6, 6.07) is 3.99. The zero-order valence-corrected chi connectivity index (χ0v) is 13.3. The lowest BCUT2D eigenvalue weighted by molar-refractivity contribution is 0.187. The van der Waals surface area contributed by atoms with Crippen LogP contribution in [0.5, 0.6) is 5.75 Å². The first-order valence-electron chi connectivity index (χ1n) is 7.07. The van der Waals surface area contributed by atoms with Crippen LogP contribution in [0.15, 0.2) is 12.1 Å². The van der Waals surface area contributed by atoms with E-state index in [1.807, 2.05) is 26.0 Å². The number of nitrogens with two attached hydrogens (primary N) is 1. The largest absolute Gasteiger partial charge is 0.494 e. The second kappa shape index (κ2) is 7.16. The van der Waals surface area contributed by atoms with Crippen molar-refractivity contribution < 1.29 is 4.74 Å². The Kier molecular flexibility index (Phi) is 6.15. The van der Waals surface area contributed by atoms with Gasteiger partial charge in [0, 0.05) is 5.02 Å². The lowest BCUT2D eigenvalue weighted by Crippen LogP contribution is -2.31. The lowest BCUT2D eigenvalue weighted by Gasteiger charge is -2.30. The molecule has 0 saturated heterocycles. The first-order valence-corrected chi connectivity index (χ1v) is 7.45. The second-order valence-corrected chi connectivity index (χ2v) is 5.76. The third-order valence-electron chi connectivity index (χ3n) is 4.24.